The molecule has 25 heavy (non-hydrogen) atoms. The molecule has 3 aromatic rings. The van der Waals surface area contributed by atoms with Crippen LogP contribution in [0.3, 0.4) is 0 Å². The van der Waals surface area contributed by atoms with E-state index in [1.165, 1.54) is 18.2 Å². The maximum absolute atomic E-state index is 11.6. The number of hydrogen-bond donors (Lipinski definition) is 1. The molecule has 3 rings (SSSR count). The highest BCUT2D eigenvalue weighted by molar-refractivity contribution is 7.90. The summed E-state index contributed by atoms with van der Waals surface area (Å²) in [6.07, 6.45) is 1.16. The van der Waals surface area contributed by atoms with Gasteiger partial charge in [0.2, 0.25) is 0 Å². The second-order valence-corrected chi connectivity index (χ2v) is 8.37. The van der Waals surface area contributed by atoms with Crippen LogP contribution in [-0.4, -0.2) is 19.8 Å². The Kier molecular flexibility index (Phi) is 4.78. The van der Waals surface area contributed by atoms with Crippen molar-refractivity contribution in [2.45, 2.75) is 4.90 Å². The van der Waals surface area contributed by atoms with Crippen molar-refractivity contribution in [3.63, 3.8) is 0 Å². The van der Waals surface area contributed by atoms with E-state index in [1.807, 2.05) is 0 Å². The number of rotatable bonds is 3. The van der Waals surface area contributed by atoms with Crippen molar-refractivity contribution in [3.05, 3.63) is 70.7 Å². The Labute approximate surface area is 156 Å². The van der Waals surface area contributed by atoms with Crippen molar-refractivity contribution in [1.29, 1.82) is 0 Å². The zero-order valence-corrected chi connectivity index (χ0v) is 15.5. The van der Waals surface area contributed by atoms with Gasteiger partial charge >= 0.3 is 0 Å². The molecule has 6 heteroatoms. The first kappa shape index (κ1) is 17.8. The minimum atomic E-state index is -3.27. The molecule has 0 aliphatic rings. The first-order valence-corrected chi connectivity index (χ1v) is 9.91. The molecule has 0 amide bonds. The SMILES string of the molecule is CS(=O)(=O)c1ccc(-c2[c]ccc(O)c2-c2ccc(Cl)c(Cl)c2)cc1. The van der Waals surface area contributed by atoms with Gasteiger partial charge in [-0.1, -0.05) is 47.5 Å². The van der Waals surface area contributed by atoms with E-state index in [2.05, 4.69) is 6.07 Å². The van der Waals surface area contributed by atoms with E-state index in [1.54, 1.807) is 36.4 Å². The number of aromatic hydroxyl groups is 1. The minimum absolute atomic E-state index is 0.0688. The summed E-state index contributed by atoms with van der Waals surface area (Å²) in [5, 5.41) is 11.2. The lowest BCUT2D eigenvalue weighted by molar-refractivity contribution is 0.477. The fourth-order valence-corrected chi connectivity index (χ4v) is 3.46. The Balaban J connectivity index is 2.18. The predicted molar refractivity (Wildman–Crippen MR) is 101 cm³/mol. The number of phenolic OH excluding ortho intramolecular Hbond substituents is 1. The van der Waals surface area contributed by atoms with E-state index in [-0.39, 0.29) is 10.6 Å². The van der Waals surface area contributed by atoms with Crippen LogP contribution in [-0.2, 0) is 9.84 Å². The second kappa shape index (κ2) is 6.71. The third kappa shape index (κ3) is 3.66. The molecule has 0 aromatic heterocycles. The summed E-state index contributed by atoms with van der Waals surface area (Å²) < 4.78 is 23.2. The summed E-state index contributed by atoms with van der Waals surface area (Å²) in [6.45, 7) is 0. The highest BCUT2D eigenvalue weighted by atomic mass is 35.5. The van der Waals surface area contributed by atoms with Crippen LogP contribution < -0.4 is 0 Å². The van der Waals surface area contributed by atoms with Gasteiger partial charge in [-0.15, -0.1) is 0 Å². The van der Waals surface area contributed by atoms with Gasteiger partial charge in [-0.25, -0.2) is 8.42 Å². The lowest BCUT2D eigenvalue weighted by atomic mass is 9.94. The Hall–Kier alpha value is -2.01. The average molecular weight is 392 g/mol. The van der Waals surface area contributed by atoms with E-state index in [0.29, 0.717) is 26.7 Å². The molecule has 1 N–H and O–H groups in total. The van der Waals surface area contributed by atoms with E-state index >= 15 is 0 Å². The molecule has 0 aliphatic carbocycles. The maximum atomic E-state index is 11.6. The van der Waals surface area contributed by atoms with E-state index in [0.717, 1.165) is 11.8 Å². The Bertz CT molecular complexity index is 1040. The van der Waals surface area contributed by atoms with Crippen molar-refractivity contribution < 1.29 is 13.5 Å². The Morgan fingerprint density at radius 1 is 0.920 bits per heavy atom. The summed E-state index contributed by atoms with van der Waals surface area (Å²) in [7, 11) is -3.27. The maximum Gasteiger partial charge on any atom is 0.175 e. The second-order valence-electron chi connectivity index (χ2n) is 5.54. The summed E-state index contributed by atoms with van der Waals surface area (Å²) in [4.78, 5) is 0.229. The third-order valence-corrected chi connectivity index (χ3v) is 5.62. The van der Waals surface area contributed by atoms with Crippen molar-refractivity contribution in [2.75, 3.05) is 6.26 Å². The van der Waals surface area contributed by atoms with Crippen LogP contribution in [0.2, 0.25) is 10.0 Å². The molecule has 0 atom stereocenters. The normalized spacial score (nSPS) is 11.5. The average Bonchev–Trinajstić information content (AvgIpc) is 2.57. The topological polar surface area (TPSA) is 54.4 Å². The quantitative estimate of drug-likeness (QED) is 0.664. The fourth-order valence-electron chi connectivity index (χ4n) is 2.53. The molecular formula is C19H13Cl2O3S. The smallest absolute Gasteiger partial charge is 0.175 e. The number of sulfone groups is 1. The number of phenols is 1. The molecule has 3 aromatic carbocycles. The summed E-state index contributed by atoms with van der Waals surface area (Å²) in [6, 6.07) is 17.7. The Morgan fingerprint density at radius 3 is 2.16 bits per heavy atom. The minimum Gasteiger partial charge on any atom is -0.507 e. The fraction of sp³-hybridized carbons (Fsp3) is 0.0526. The van der Waals surface area contributed by atoms with Crippen molar-refractivity contribution in [3.8, 4) is 28.0 Å². The summed E-state index contributed by atoms with van der Waals surface area (Å²) >= 11 is 12.1. The molecule has 0 bridgehead atoms. The number of halogens is 2. The van der Waals surface area contributed by atoms with Crippen LogP contribution in [0.1, 0.15) is 0 Å². The lowest BCUT2D eigenvalue weighted by Gasteiger charge is -2.13. The lowest BCUT2D eigenvalue weighted by Crippen LogP contribution is -1.96. The van der Waals surface area contributed by atoms with Crippen LogP contribution in [0.4, 0.5) is 0 Å². The highest BCUT2D eigenvalue weighted by Crippen LogP contribution is 2.40. The van der Waals surface area contributed by atoms with E-state index in [4.69, 9.17) is 23.2 Å². The molecule has 0 unspecified atom stereocenters. The molecule has 0 spiro atoms. The van der Waals surface area contributed by atoms with Crippen LogP contribution >= 0.6 is 23.2 Å². The van der Waals surface area contributed by atoms with Crippen molar-refractivity contribution >= 4 is 33.0 Å². The first-order valence-electron chi connectivity index (χ1n) is 7.27. The van der Waals surface area contributed by atoms with Gasteiger partial charge < -0.3 is 5.11 Å². The highest BCUT2D eigenvalue weighted by Gasteiger charge is 2.14. The zero-order chi connectivity index (χ0) is 18.2. The van der Waals surface area contributed by atoms with Crippen LogP contribution in [0, 0.1) is 6.07 Å². The zero-order valence-electron chi connectivity index (χ0n) is 13.1. The predicted octanol–water partition coefficient (Wildman–Crippen LogP) is 5.24. The van der Waals surface area contributed by atoms with Gasteiger partial charge in [0.05, 0.1) is 14.9 Å². The van der Waals surface area contributed by atoms with Crippen LogP contribution in [0.15, 0.2) is 59.5 Å². The van der Waals surface area contributed by atoms with Gasteiger partial charge in [-0.3, -0.25) is 0 Å². The van der Waals surface area contributed by atoms with Crippen LogP contribution in [0.25, 0.3) is 22.3 Å². The number of benzene rings is 3. The van der Waals surface area contributed by atoms with Crippen molar-refractivity contribution in [1.82, 2.24) is 0 Å². The van der Waals surface area contributed by atoms with Crippen molar-refractivity contribution in [2.24, 2.45) is 0 Å². The monoisotopic (exact) mass is 391 g/mol. The van der Waals surface area contributed by atoms with Gasteiger partial charge in [0.15, 0.2) is 9.84 Å². The molecule has 0 saturated carbocycles. The first-order chi connectivity index (χ1) is 11.8. The van der Waals surface area contributed by atoms with Gasteiger partial charge in [0.1, 0.15) is 5.75 Å². The van der Waals surface area contributed by atoms with Gasteiger partial charge in [0.25, 0.3) is 0 Å². The third-order valence-electron chi connectivity index (χ3n) is 3.75. The summed E-state index contributed by atoms with van der Waals surface area (Å²) in [5.74, 6) is 0.0688. The van der Waals surface area contributed by atoms with Gasteiger partial charge in [-0.05, 0) is 47.5 Å². The molecule has 3 nitrogen and oxygen atoms in total. The van der Waals surface area contributed by atoms with E-state index < -0.39 is 9.84 Å². The number of hydrogen-bond acceptors (Lipinski definition) is 3. The molecule has 0 saturated heterocycles. The Morgan fingerprint density at radius 2 is 1.56 bits per heavy atom. The summed E-state index contributed by atoms with van der Waals surface area (Å²) in [5.41, 5.74) is 2.60. The molecule has 0 fully saturated rings. The molecule has 0 heterocycles. The molecule has 1 radical (unpaired) electrons. The molecule has 127 valence electrons. The largest absolute Gasteiger partial charge is 0.507 e. The van der Waals surface area contributed by atoms with Crippen LogP contribution in [0.5, 0.6) is 5.75 Å². The van der Waals surface area contributed by atoms with Gasteiger partial charge in [-0.2, -0.15) is 0 Å². The molecule has 0 aliphatic heterocycles. The molecular weight excluding hydrogens is 379 g/mol. The van der Waals surface area contributed by atoms with Gasteiger partial charge in [0, 0.05) is 17.4 Å². The van der Waals surface area contributed by atoms with E-state index in [9.17, 15) is 13.5 Å². The standard InChI is InChI=1S/C19H13Cl2O3S/c1-25(23,24)14-8-5-12(6-9-14)15-3-2-4-18(22)19(15)13-7-10-16(20)17(21)11-13/h2,4-11,22H,1H3.